The van der Waals surface area contributed by atoms with E-state index in [0.717, 1.165) is 16.5 Å². The van der Waals surface area contributed by atoms with E-state index in [-0.39, 0.29) is 17.6 Å². The summed E-state index contributed by atoms with van der Waals surface area (Å²) in [7, 11) is 0. The molecule has 1 amide bonds. The van der Waals surface area contributed by atoms with Crippen LogP contribution in [0.1, 0.15) is 33.7 Å². The van der Waals surface area contributed by atoms with Crippen LogP contribution in [0.3, 0.4) is 0 Å². The lowest BCUT2D eigenvalue weighted by atomic mass is 9.89. The van der Waals surface area contributed by atoms with E-state index in [9.17, 15) is 9.59 Å². The highest BCUT2D eigenvalue weighted by Crippen LogP contribution is 2.23. The number of piperidine rings is 1. The Morgan fingerprint density at radius 2 is 1.54 bits per heavy atom. The monoisotopic (exact) mass is 344 g/mol. The van der Waals surface area contributed by atoms with Crippen LogP contribution >= 0.6 is 0 Å². The Hall–Kier alpha value is -3.01. The summed E-state index contributed by atoms with van der Waals surface area (Å²) >= 11 is 0. The predicted molar refractivity (Wildman–Crippen MR) is 101 cm³/mol. The number of para-hydroxylation sites is 1. The van der Waals surface area contributed by atoms with E-state index in [0.29, 0.717) is 31.6 Å². The lowest BCUT2D eigenvalue weighted by Gasteiger charge is -2.31. The van der Waals surface area contributed by atoms with Gasteiger partial charge in [0, 0.05) is 30.0 Å². The van der Waals surface area contributed by atoms with E-state index in [1.807, 2.05) is 65.6 Å². The molecule has 0 bridgehead atoms. The fourth-order valence-corrected chi connectivity index (χ4v) is 3.53. The highest BCUT2D eigenvalue weighted by molar-refractivity contribution is 5.98. The second kappa shape index (κ2) is 7.08. The van der Waals surface area contributed by atoms with Gasteiger partial charge in [-0.3, -0.25) is 9.59 Å². The van der Waals surface area contributed by atoms with Gasteiger partial charge in [-0.25, -0.2) is 4.98 Å². The zero-order chi connectivity index (χ0) is 17.9. The smallest absolute Gasteiger partial charge is 0.272 e. The first-order valence-electron chi connectivity index (χ1n) is 8.97. The number of ketones is 1. The van der Waals surface area contributed by atoms with Gasteiger partial charge >= 0.3 is 0 Å². The fraction of sp³-hybridized carbons (Fsp3) is 0.227. The molecule has 3 aromatic rings. The topological polar surface area (TPSA) is 50.3 Å². The first-order chi connectivity index (χ1) is 12.7. The number of likely N-dealkylation sites (tertiary alicyclic amines) is 1. The lowest BCUT2D eigenvalue weighted by molar-refractivity contribution is 0.0646. The maximum Gasteiger partial charge on any atom is 0.272 e. The molecule has 2 aromatic carbocycles. The molecule has 26 heavy (non-hydrogen) atoms. The van der Waals surface area contributed by atoms with Gasteiger partial charge in [0.05, 0.1) is 5.52 Å². The van der Waals surface area contributed by atoms with E-state index >= 15 is 0 Å². The third-order valence-electron chi connectivity index (χ3n) is 5.03. The fourth-order valence-electron chi connectivity index (χ4n) is 3.53. The Morgan fingerprint density at radius 1 is 0.846 bits per heavy atom. The Labute approximate surface area is 152 Å². The average molecular weight is 344 g/mol. The lowest BCUT2D eigenvalue weighted by Crippen LogP contribution is -2.40. The molecule has 4 nitrogen and oxygen atoms in total. The molecule has 2 heterocycles. The molecule has 0 N–H and O–H groups in total. The zero-order valence-corrected chi connectivity index (χ0v) is 14.5. The normalized spacial score (nSPS) is 15.2. The number of carbonyl (C=O) groups is 2. The van der Waals surface area contributed by atoms with Crippen molar-refractivity contribution < 1.29 is 9.59 Å². The van der Waals surface area contributed by atoms with Crippen molar-refractivity contribution in [3.8, 4) is 0 Å². The minimum absolute atomic E-state index is 0.00832. The second-order valence-corrected chi connectivity index (χ2v) is 6.69. The van der Waals surface area contributed by atoms with Crippen molar-refractivity contribution in [1.82, 2.24) is 9.88 Å². The number of amides is 1. The van der Waals surface area contributed by atoms with Gasteiger partial charge in [-0.1, -0.05) is 54.6 Å². The van der Waals surface area contributed by atoms with Crippen LogP contribution in [0.15, 0.2) is 66.7 Å². The summed E-state index contributed by atoms with van der Waals surface area (Å²) in [6, 6.07) is 20.9. The number of Topliss-reactive ketones (excluding diaryl/α,β-unsaturated/α-hetero) is 1. The van der Waals surface area contributed by atoms with Crippen molar-refractivity contribution in [3.05, 3.63) is 78.0 Å². The summed E-state index contributed by atoms with van der Waals surface area (Å²) in [4.78, 5) is 31.7. The van der Waals surface area contributed by atoms with Crippen LogP contribution in [-0.2, 0) is 0 Å². The Kier molecular flexibility index (Phi) is 4.48. The van der Waals surface area contributed by atoms with Gasteiger partial charge < -0.3 is 4.90 Å². The van der Waals surface area contributed by atoms with Crippen LogP contribution in [-0.4, -0.2) is 34.7 Å². The number of aromatic nitrogens is 1. The van der Waals surface area contributed by atoms with Crippen molar-refractivity contribution in [1.29, 1.82) is 0 Å². The summed E-state index contributed by atoms with van der Waals surface area (Å²) < 4.78 is 0. The number of hydrogen-bond donors (Lipinski definition) is 0. The van der Waals surface area contributed by atoms with Crippen LogP contribution in [0.25, 0.3) is 10.9 Å². The maximum atomic E-state index is 12.8. The molecule has 1 aliphatic rings. The molecule has 0 spiro atoms. The maximum absolute atomic E-state index is 12.8. The third kappa shape index (κ3) is 3.23. The Bertz CT molecular complexity index is 945. The summed E-state index contributed by atoms with van der Waals surface area (Å²) in [5.41, 5.74) is 2.05. The highest BCUT2D eigenvalue weighted by Gasteiger charge is 2.28. The molecule has 4 heteroatoms. The number of hydrogen-bond acceptors (Lipinski definition) is 3. The molecule has 0 aliphatic carbocycles. The third-order valence-corrected chi connectivity index (χ3v) is 5.03. The molecule has 0 atom stereocenters. The van der Waals surface area contributed by atoms with Gasteiger partial charge in [-0.05, 0) is 25.0 Å². The van der Waals surface area contributed by atoms with E-state index in [1.54, 1.807) is 6.07 Å². The number of benzene rings is 2. The van der Waals surface area contributed by atoms with Crippen LogP contribution in [0.5, 0.6) is 0 Å². The summed E-state index contributed by atoms with van der Waals surface area (Å²) in [5.74, 6) is 0.119. The molecular formula is C22H20N2O2. The molecule has 4 rings (SSSR count). The molecule has 130 valence electrons. The number of rotatable bonds is 3. The largest absolute Gasteiger partial charge is 0.337 e. The van der Waals surface area contributed by atoms with Crippen LogP contribution in [0.4, 0.5) is 0 Å². The van der Waals surface area contributed by atoms with E-state index in [2.05, 4.69) is 4.98 Å². The van der Waals surface area contributed by atoms with Crippen LogP contribution in [0, 0.1) is 5.92 Å². The predicted octanol–water partition coefficient (Wildman–Crippen LogP) is 3.97. The molecule has 1 aromatic heterocycles. The zero-order valence-electron chi connectivity index (χ0n) is 14.5. The van der Waals surface area contributed by atoms with Crippen LogP contribution < -0.4 is 0 Å². The molecule has 0 unspecified atom stereocenters. The van der Waals surface area contributed by atoms with Crippen molar-refractivity contribution in [3.63, 3.8) is 0 Å². The van der Waals surface area contributed by atoms with Crippen molar-refractivity contribution in [2.24, 2.45) is 5.92 Å². The van der Waals surface area contributed by atoms with Crippen molar-refractivity contribution in [2.75, 3.05) is 13.1 Å². The number of carbonyl (C=O) groups excluding carboxylic acids is 2. The summed E-state index contributed by atoms with van der Waals surface area (Å²) in [5, 5.41) is 1.02. The highest BCUT2D eigenvalue weighted by atomic mass is 16.2. The number of fused-ring (bicyclic) bond motifs is 1. The Balaban J connectivity index is 1.43. The van der Waals surface area contributed by atoms with Gasteiger partial charge in [0.2, 0.25) is 0 Å². The van der Waals surface area contributed by atoms with E-state index < -0.39 is 0 Å². The van der Waals surface area contributed by atoms with Crippen LogP contribution in [0.2, 0.25) is 0 Å². The van der Waals surface area contributed by atoms with Gasteiger partial charge in [0.1, 0.15) is 5.69 Å². The second-order valence-electron chi connectivity index (χ2n) is 6.69. The van der Waals surface area contributed by atoms with Gasteiger partial charge in [-0.15, -0.1) is 0 Å². The molecule has 0 radical (unpaired) electrons. The molecule has 0 saturated carbocycles. The summed E-state index contributed by atoms with van der Waals surface area (Å²) in [6.45, 7) is 1.19. The first-order valence-corrected chi connectivity index (χ1v) is 8.97. The van der Waals surface area contributed by atoms with E-state index in [4.69, 9.17) is 0 Å². The molecule has 1 aliphatic heterocycles. The quantitative estimate of drug-likeness (QED) is 0.676. The minimum atomic E-state index is -0.0543. The molecule has 1 saturated heterocycles. The van der Waals surface area contributed by atoms with Gasteiger partial charge in [0.15, 0.2) is 5.78 Å². The SMILES string of the molecule is O=C(c1ccccc1)C1CCN(C(=O)c2ccc3ccccc3n2)CC1. The first kappa shape index (κ1) is 16.5. The standard InChI is InChI=1S/C22H20N2O2/c25-21(17-7-2-1-3-8-17)18-12-14-24(15-13-18)22(26)20-11-10-16-6-4-5-9-19(16)23-20/h1-11,18H,12-15H2. The average Bonchev–Trinajstić information content (AvgIpc) is 2.73. The molecular weight excluding hydrogens is 324 g/mol. The summed E-state index contributed by atoms with van der Waals surface area (Å²) in [6.07, 6.45) is 1.40. The van der Waals surface area contributed by atoms with E-state index in [1.165, 1.54) is 0 Å². The minimum Gasteiger partial charge on any atom is -0.337 e. The van der Waals surface area contributed by atoms with Gasteiger partial charge in [0.25, 0.3) is 5.91 Å². The number of nitrogens with zero attached hydrogens (tertiary/aromatic N) is 2. The number of pyridine rings is 1. The van der Waals surface area contributed by atoms with Gasteiger partial charge in [-0.2, -0.15) is 0 Å². The van der Waals surface area contributed by atoms with Crippen molar-refractivity contribution in [2.45, 2.75) is 12.8 Å². The Morgan fingerprint density at radius 3 is 2.31 bits per heavy atom. The molecule has 1 fully saturated rings. The van der Waals surface area contributed by atoms with Crippen molar-refractivity contribution >= 4 is 22.6 Å².